The van der Waals surface area contributed by atoms with Crippen molar-refractivity contribution in [3.05, 3.63) is 48.6 Å². The first-order valence-corrected chi connectivity index (χ1v) is 19.6. The van der Waals surface area contributed by atoms with Gasteiger partial charge in [0.05, 0.1) is 0 Å². The molecule has 4 nitrogen and oxygen atoms in total. The van der Waals surface area contributed by atoms with Gasteiger partial charge in [0.15, 0.2) is 0 Å². The molecule has 0 heterocycles. The number of ether oxygens (including phenoxy) is 1. The van der Waals surface area contributed by atoms with Crippen molar-refractivity contribution in [3.63, 3.8) is 0 Å². The molecule has 0 aliphatic heterocycles. The maximum absolute atomic E-state index is 12.6. The number of carbonyl (C=O) groups is 2. The van der Waals surface area contributed by atoms with E-state index in [9.17, 15) is 9.59 Å². The molecular formula is C42H74O4. The lowest BCUT2D eigenvalue weighted by Gasteiger charge is -2.18. The van der Waals surface area contributed by atoms with Crippen LogP contribution in [0.4, 0.5) is 0 Å². The van der Waals surface area contributed by atoms with E-state index in [1.165, 1.54) is 83.5 Å². The average molecular weight is 643 g/mol. The predicted molar refractivity (Wildman–Crippen MR) is 199 cm³/mol. The van der Waals surface area contributed by atoms with Crippen molar-refractivity contribution in [2.45, 2.75) is 206 Å². The van der Waals surface area contributed by atoms with E-state index in [2.05, 4.69) is 62.5 Å². The van der Waals surface area contributed by atoms with Crippen molar-refractivity contribution < 1.29 is 19.4 Å². The zero-order valence-electron chi connectivity index (χ0n) is 30.4. The van der Waals surface area contributed by atoms with Crippen LogP contribution in [-0.4, -0.2) is 23.1 Å². The minimum Gasteiger partial charge on any atom is -0.481 e. The van der Waals surface area contributed by atoms with Gasteiger partial charge in [-0.1, -0.05) is 146 Å². The minimum atomic E-state index is -0.706. The zero-order valence-corrected chi connectivity index (χ0v) is 30.4. The number of carbonyl (C=O) groups excluding carboxylic acids is 1. The van der Waals surface area contributed by atoms with Crippen LogP contribution in [0, 0.1) is 0 Å². The second kappa shape index (κ2) is 37.4. The van der Waals surface area contributed by atoms with Gasteiger partial charge < -0.3 is 9.84 Å². The number of hydrogen-bond donors (Lipinski definition) is 1. The molecule has 0 aromatic heterocycles. The van der Waals surface area contributed by atoms with Crippen LogP contribution in [-0.2, 0) is 14.3 Å². The highest BCUT2D eigenvalue weighted by Gasteiger charge is 2.14. The zero-order chi connectivity index (χ0) is 33.6. The lowest BCUT2D eigenvalue weighted by molar-refractivity contribution is -0.150. The molecule has 0 aromatic rings. The second-order valence-electron chi connectivity index (χ2n) is 13.1. The van der Waals surface area contributed by atoms with E-state index in [1.54, 1.807) is 0 Å². The Labute approximate surface area is 285 Å². The molecule has 0 spiro atoms. The van der Waals surface area contributed by atoms with Gasteiger partial charge >= 0.3 is 11.9 Å². The third-order valence-corrected chi connectivity index (χ3v) is 8.53. The molecule has 0 aliphatic rings. The lowest BCUT2D eigenvalue weighted by Crippen LogP contribution is -2.18. The van der Waals surface area contributed by atoms with Crippen molar-refractivity contribution in [2.75, 3.05) is 0 Å². The fourth-order valence-electron chi connectivity index (χ4n) is 5.67. The van der Waals surface area contributed by atoms with Gasteiger partial charge in [-0.3, -0.25) is 9.59 Å². The summed E-state index contributed by atoms with van der Waals surface area (Å²) in [5, 5.41) is 8.81. The molecule has 4 heteroatoms. The molecule has 46 heavy (non-hydrogen) atoms. The molecule has 0 aromatic carbocycles. The lowest BCUT2D eigenvalue weighted by atomic mass is 10.0. The molecule has 0 saturated carbocycles. The van der Waals surface area contributed by atoms with E-state index in [0.29, 0.717) is 6.42 Å². The smallest absolute Gasteiger partial charge is 0.306 e. The highest BCUT2D eigenvalue weighted by Crippen LogP contribution is 2.18. The molecule has 0 aliphatic carbocycles. The Bertz CT molecular complexity index is 779. The molecule has 1 unspecified atom stereocenters. The molecule has 0 rings (SSSR count). The van der Waals surface area contributed by atoms with Crippen LogP contribution in [0.5, 0.6) is 0 Å². The number of allylic oxidation sites excluding steroid dienone is 8. The largest absolute Gasteiger partial charge is 0.481 e. The summed E-state index contributed by atoms with van der Waals surface area (Å²) in [6.07, 6.45) is 49.8. The van der Waals surface area contributed by atoms with Gasteiger partial charge in [0.25, 0.3) is 0 Å². The first kappa shape index (κ1) is 43.9. The molecule has 0 saturated heterocycles. The SMILES string of the molecule is CC/C=C\C/C=C\C/C=C\CCCCCCCCCC(=O)OC(CCC/C=C\CCCCCCCC)CCCCCCCC(=O)O. The quantitative estimate of drug-likeness (QED) is 0.0424. The summed E-state index contributed by atoms with van der Waals surface area (Å²) in [6.45, 7) is 4.43. The van der Waals surface area contributed by atoms with E-state index >= 15 is 0 Å². The third-order valence-electron chi connectivity index (χ3n) is 8.53. The minimum absolute atomic E-state index is 0.0199. The summed E-state index contributed by atoms with van der Waals surface area (Å²) in [6, 6.07) is 0. The van der Waals surface area contributed by atoms with E-state index in [-0.39, 0.29) is 18.5 Å². The van der Waals surface area contributed by atoms with Gasteiger partial charge in [-0.15, -0.1) is 0 Å². The van der Waals surface area contributed by atoms with Crippen LogP contribution in [0.1, 0.15) is 200 Å². The van der Waals surface area contributed by atoms with Crippen LogP contribution in [0.25, 0.3) is 0 Å². The number of carboxylic acid groups (broad SMARTS) is 1. The third kappa shape index (κ3) is 36.4. The number of aliphatic carboxylic acids is 1. The molecule has 0 radical (unpaired) electrons. The Morgan fingerprint density at radius 2 is 0.935 bits per heavy atom. The Hall–Kier alpha value is -2.10. The maximum atomic E-state index is 12.6. The maximum Gasteiger partial charge on any atom is 0.306 e. The van der Waals surface area contributed by atoms with Crippen LogP contribution >= 0.6 is 0 Å². The molecule has 266 valence electrons. The monoisotopic (exact) mass is 643 g/mol. The van der Waals surface area contributed by atoms with Crippen molar-refractivity contribution >= 4 is 11.9 Å². The summed E-state index contributed by atoms with van der Waals surface area (Å²) >= 11 is 0. The van der Waals surface area contributed by atoms with E-state index in [0.717, 1.165) is 89.9 Å². The van der Waals surface area contributed by atoms with Crippen molar-refractivity contribution in [3.8, 4) is 0 Å². The van der Waals surface area contributed by atoms with Gasteiger partial charge in [-0.25, -0.2) is 0 Å². The molecule has 1 N–H and O–H groups in total. The first-order valence-electron chi connectivity index (χ1n) is 19.6. The summed E-state index contributed by atoms with van der Waals surface area (Å²) < 4.78 is 5.98. The van der Waals surface area contributed by atoms with E-state index in [4.69, 9.17) is 9.84 Å². The highest BCUT2D eigenvalue weighted by molar-refractivity contribution is 5.69. The summed E-state index contributed by atoms with van der Waals surface area (Å²) in [5.41, 5.74) is 0. The molecule has 0 fully saturated rings. The molecule has 0 amide bonds. The fourth-order valence-corrected chi connectivity index (χ4v) is 5.67. The second-order valence-corrected chi connectivity index (χ2v) is 13.1. The number of hydrogen-bond acceptors (Lipinski definition) is 3. The van der Waals surface area contributed by atoms with E-state index in [1.807, 2.05) is 0 Å². The Morgan fingerprint density at radius 1 is 0.500 bits per heavy atom. The summed E-state index contributed by atoms with van der Waals surface area (Å²) in [7, 11) is 0. The van der Waals surface area contributed by atoms with Crippen molar-refractivity contribution in [1.82, 2.24) is 0 Å². The molecule has 0 bridgehead atoms. The average Bonchev–Trinajstić information content (AvgIpc) is 3.04. The standard InChI is InChI=1S/C42H74O4/c1-3-5-7-9-11-13-15-16-17-18-19-20-22-24-26-31-35-39-42(45)46-40(37-33-29-27-30-34-38-41(43)44)36-32-28-25-23-21-14-12-10-8-6-4-2/h5,7,11,13,16-17,23,25,40H,3-4,6,8-10,12,14-15,18-22,24,26-39H2,1-2H3,(H,43,44)/b7-5-,13-11-,17-16-,25-23-. The predicted octanol–water partition coefficient (Wildman–Crippen LogP) is 13.6. The summed E-state index contributed by atoms with van der Waals surface area (Å²) in [4.78, 5) is 23.4. The van der Waals surface area contributed by atoms with Gasteiger partial charge in [0, 0.05) is 12.8 Å². The van der Waals surface area contributed by atoms with Gasteiger partial charge in [-0.05, 0) is 89.9 Å². The topological polar surface area (TPSA) is 63.6 Å². The number of rotatable bonds is 35. The Morgan fingerprint density at radius 3 is 1.52 bits per heavy atom. The fraction of sp³-hybridized carbons (Fsp3) is 0.762. The molecular weight excluding hydrogens is 568 g/mol. The van der Waals surface area contributed by atoms with Gasteiger partial charge in [0.1, 0.15) is 6.10 Å². The van der Waals surface area contributed by atoms with Crippen molar-refractivity contribution in [2.24, 2.45) is 0 Å². The van der Waals surface area contributed by atoms with Crippen LogP contribution in [0.3, 0.4) is 0 Å². The highest BCUT2D eigenvalue weighted by atomic mass is 16.5. The van der Waals surface area contributed by atoms with Crippen LogP contribution in [0.2, 0.25) is 0 Å². The number of esters is 1. The normalized spacial score (nSPS) is 12.7. The first-order chi connectivity index (χ1) is 22.6. The van der Waals surface area contributed by atoms with Gasteiger partial charge in [-0.2, -0.15) is 0 Å². The Kier molecular flexibility index (Phi) is 35.7. The van der Waals surface area contributed by atoms with E-state index < -0.39 is 5.97 Å². The molecule has 1 atom stereocenters. The number of unbranched alkanes of at least 4 members (excludes halogenated alkanes) is 18. The summed E-state index contributed by atoms with van der Waals surface area (Å²) in [5.74, 6) is -0.730. The van der Waals surface area contributed by atoms with Crippen molar-refractivity contribution in [1.29, 1.82) is 0 Å². The van der Waals surface area contributed by atoms with Crippen LogP contribution < -0.4 is 0 Å². The van der Waals surface area contributed by atoms with Crippen LogP contribution in [0.15, 0.2) is 48.6 Å². The van der Waals surface area contributed by atoms with Gasteiger partial charge in [0.2, 0.25) is 0 Å². The number of carboxylic acids is 1. The Balaban J connectivity index is 4.07.